The molecule has 0 fully saturated rings. The first-order valence-corrected chi connectivity index (χ1v) is 8.54. The van der Waals surface area contributed by atoms with Crippen molar-refractivity contribution >= 4 is 17.3 Å². The average Bonchev–Trinajstić information content (AvgIpc) is 2.74. The maximum absolute atomic E-state index is 13.3. The highest BCUT2D eigenvalue weighted by Gasteiger charge is 2.34. The predicted molar refractivity (Wildman–Crippen MR) is 104 cm³/mol. The fourth-order valence-corrected chi connectivity index (χ4v) is 3.27. The molecule has 0 saturated heterocycles. The molecule has 1 amide bonds. The number of fused-ring (bicyclic) bond motifs is 1. The van der Waals surface area contributed by atoms with Gasteiger partial charge in [0.2, 0.25) is 0 Å². The van der Waals surface area contributed by atoms with Crippen LogP contribution in [0.4, 0.5) is 11.4 Å². The number of benzene rings is 3. The van der Waals surface area contributed by atoms with E-state index in [4.69, 9.17) is 4.74 Å². The maximum Gasteiger partial charge on any atom is 0.262 e. The number of nitrogens with one attached hydrogen (secondary N) is 1. The molecule has 1 unspecified atom stereocenters. The smallest absolute Gasteiger partial charge is 0.262 e. The monoisotopic (exact) mass is 355 g/mol. The number of anilines is 2. The molecule has 1 heterocycles. The summed E-state index contributed by atoms with van der Waals surface area (Å²) in [6.45, 7) is 0. The third-order valence-corrected chi connectivity index (χ3v) is 4.61. The van der Waals surface area contributed by atoms with Crippen LogP contribution in [0.3, 0.4) is 0 Å². The molecular weight excluding hydrogens is 338 g/mol. The molecule has 0 aromatic heterocycles. The zero-order chi connectivity index (χ0) is 18.8. The lowest BCUT2D eigenvalue weighted by Crippen LogP contribution is -2.43. The van der Waals surface area contributed by atoms with Gasteiger partial charge in [-0.1, -0.05) is 24.3 Å². The number of rotatable bonds is 3. The number of hydrogen-bond donors (Lipinski definition) is 1. The number of carbonyl (C=O) groups is 1. The lowest BCUT2D eigenvalue weighted by molar-refractivity contribution is 0.0975. The van der Waals surface area contributed by atoms with Crippen LogP contribution in [0.1, 0.15) is 27.7 Å². The Hall–Kier alpha value is -3.78. The first-order chi connectivity index (χ1) is 13.2. The SMILES string of the molecule is COc1ccc(N2C(=O)c3ccccc3NC2c2cccc(C#N)c2)cc1. The summed E-state index contributed by atoms with van der Waals surface area (Å²) in [6, 6.07) is 24.2. The Morgan fingerprint density at radius 1 is 1.04 bits per heavy atom. The van der Waals surface area contributed by atoms with Crippen LogP contribution in [-0.2, 0) is 0 Å². The van der Waals surface area contributed by atoms with Crippen molar-refractivity contribution in [3.8, 4) is 11.8 Å². The van der Waals surface area contributed by atoms with Gasteiger partial charge in [0.05, 0.1) is 24.3 Å². The first-order valence-electron chi connectivity index (χ1n) is 8.54. The Bertz CT molecular complexity index is 1040. The molecule has 0 aliphatic carbocycles. The molecule has 3 aromatic carbocycles. The standard InChI is InChI=1S/C22H17N3O2/c1-27-18-11-9-17(10-12-18)25-21(16-6-4-5-15(13-16)14-23)24-20-8-3-2-7-19(20)22(25)26/h2-13,21,24H,1H3. The summed E-state index contributed by atoms with van der Waals surface area (Å²) in [5.74, 6) is 0.626. The minimum absolute atomic E-state index is 0.0955. The van der Waals surface area contributed by atoms with Gasteiger partial charge in [0, 0.05) is 11.4 Å². The number of hydrogen-bond acceptors (Lipinski definition) is 4. The van der Waals surface area contributed by atoms with Crippen LogP contribution in [0.5, 0.6) is 5.75 Å². The van der Waals surface area contributed by atoms with Crippen LogP contribution in [0, 0.1) is 11.3 Å². The Balaban J connectivity index is 1.85. The van der Waals surface area contributed by atoms with Gasteiger partial charge in [0.25, 0.3) is 5.91 Å². The summed E-state index contributed by atoms with van der Waals surface area (Å²) in [7, 11) is 1.61. The third-order valence-electron chi connectivity index (χ3n) is 4.61. The molecular formula is C22H17N3O2. The summed E-state index contributed by atoms with van der Waals surface area (Å²) in [5.41, 5.74) is 3.53. The van der Waals surface area contributed by atoms with Gasteiger partial charge in [-0.05, 0) is 54.1 Å². The van der Waals surface area contributed by atoms with Crippen LogP contribution >= 0.6 is 0 Å². The normalized spacial score (nSPS) is 15.5. The highest BCUT2D eigenvalue weighted by molar-refractivity contribution is 6.12. The fourth-order valence-electron chi connectivity index (χ4n) is 3.27. The van der Waals surface area contributed by atoms with Crippen molar-refractivity contribution in [2.75, 3.05) is 17.3 Å². The number of nitriles is 1. The van der Waals surface area contributed by atoms with Gasteiger partial charge < -0.3 is 10.1 Å². The molecule has 27 heavy (non-hydrogen) atoms. The Morgan fingerprint density at radius 2 is 1.81 bits per heavy atom. The van der Waals surface area contributed by atoms with Gasteiger partial charge in [0.1, 0.15) is 11.9 Å². The molecule has 3 aromatic rings. The molecule has 4 rings (SSSR count). The summed E-state index contributed by atoms with van der Waals surface area (Å²) in [4.78, 5) is 15.0. The van der Waals surface area contributed by atoms with Gasteiger partial charge in [-0.3, -0.25) is 9.69 Å². The van der Waals surface area contributed by atoms with E-state index in [9.17, 15) is 10.1 Å². The molecule has 1 aliphatic heterocycles. The van der Waals surface area contributed by atoms with Gasteiger partial charge >= 0.3 is 0 Å². The average molecular weight is 355 g/mol. The van der Waals surface area contributed by atoms with Crippen LogP contribution in [0.25, 0.3) is 0 Å². The highest BCUT2D eigenvalue weighted by atomic mass is 16.5. The predicted octanol–water partition coefficient (Wildman–Crippen LogP) is 4.34. The number of amides is 1. The molecule has 0 saturated carbocycles. The summed E-state index contributed by atoms with van der Waals surface area (Å²) in [5, 5.41) is 12.7. The molecule has 0 bridgehead atoms. The molecule has 1 N–H and O–H groups in total. The van der Waals surface area contributed by atoms with Crippen molar-refractivity contribution in [2.45, 2.75) is 6.17 Å². The first kappa shape index (κ1) is 16.7. The summed E-state index contributed by atoms with van der Waals surface area (Å²) in [6.07, 6.45) is -0.422. The molecule has 1 aliphatic rings. The van der Waals surface area contributed by atoms with E-state index in [1.165, 1.54) is 0 Å². The minimum atomic E-state index is -0.422. The molecule has 1 atom stereocenters. The van der Waals surface area contributed by atoms with Crippen molar-refractivity contribution in [1.82, 2.24) is 0 Å². The number of para-hydroxylation sites is 1. The fraction of sp³-hybridized carbons (Fsp3) is 0.0909. The third kappa shape index (κ3) is 2.98. The van der Waals surface area contributed by atoms with Gasteiger partial charge in [-0.15, -0.1) is 0 Å². The van der Waals surface area contributed by atoms with Crippen LogP contribution in [0.2, 0.25) is 0 Å². The maximum atomic E-state index is 13.3. The quantitative estimate of drug-likeness (QED) is 0.759. The highest BCUT2D eigenvalue weighted by Crippen LogP contribution is 2.37. The van der Waals surface area contributed by atoms with E-state index >= 15 is 0 Å². The zero-order valence-electron chi connectivity index (χ0n) is 14.7. The second kappa shape index (κ2) is 6.85. The van der Waals surface area contributed by atoms with Crippen LogP contribution < -0.4 is 15.0 Å². The van der Waals surface area contributed by atoms with Gasteiger partial charge in [-0.25, -0.2) is 0 Å². The zero-order valence-corrected chi connectivity index (χ0v) is 14.7. The summed E-state index contributed by atoms with van der Waals surface area (Å²) < 4.78 is 5.23. The molecule has 5 nitrogen and oxygen atoms in total. The van der Waals surface area contributed by atoms with E-state index in [1.54, 1.807) is 24.1 Å². The topological polar surface area (TPSA) is 65.4 Å². The van der Waals surface area contributed by atoms with E-state index < -0.39 is 6.17 Å². The Labute approximate surface area is 157 Å². The van der Waals surface area contributed by atoms with Gasteiger partial charge in [0.15, 0.2) is 0 Å². The lowest BCUT2D eigenvalue weighted by atomic mass is 10.0. The van der Waals surface area contributed by atoms with E-state index in [0.717, 1.165) is 22.7 Å². The second-order valence-electron chi connectivity index (χ2n) is 6.20. The van der Waals surface area contributed by atoms with Crippen LogP contribution in [-0.4, -0.2) is 13.0 Å². The van der Waals surface area contributed by atoms with Crippen molar-refractivity contribution in [1.29, 1.82) is 5.26 Å². The Kier molecular flexibility index (Phi) is 4.23. The van der Waals surface area contributed by atoms with Crippen LogP contribution in [0.15, 0.2) is 72.8 Å². The minimum Gasteiger partial charge on any atom is -0.497 e. The number of nitrogens with zero attached hydrogens (tertiary/aromatic N) is 2. The second-order valence-corrected chi connectivity index (χ2v) is 6.20. The molecule has 0 radical (unpaired) electrons. The number of carbonyl (C=O) groups excluding carboxylic acids is 1. The van der Waals surface area contributed by atoms with E-state index in [0.29, 0.717) is 11.1 Å². The lowest BCUT2D eigenvalue weighted by Gasteiger charge is -2.38. The molecule has 5 heteroatoms. The van der Waals surface area contributed by atoms with Crippen molar-refractivity contribution in [2.24, 2.45) is 0 Å². The molecule has 132 valence electrons. The number of methoxy groups -OCH3 is 1. The van der Waals surface area contributed by atoms with E-state index in [1.807, 2.05) is 60.7 Å². The summed E-state index contributed by atoms with van der Waals surface area (Å²) >= 11 is 0. The Morgan fingerprint density at radius 3 is 2.56 bits per heavy atom. The largest absolute Gasteiger partial charge is 0.497 e. The van der Waals surface area contributed by atoms with E-state index in [-0.39, 0.29) is 5.91 Å². The van der Waals surface area contributed by atoms with Crippen molar-refractivity contribution in [3.63, 3.8) is 0 Å². The van der Waals surface area contributed by atoms with E-state index in [2.05, 4.69) is 11.4 Å². The van der Waals surface area contributed by atoms with Crippen molar-refractivity contribution in [3.05, 3.63) is 89.5 Å². The number of ether oxygens (including phenoxy) is 1. The molecule has 0 spiro atoms. The van der Waals surface area contributed by atoms with Crippen molar-refractivity contribution < 1.29 is 9.53 Å². The van der Waals surface area contributed by atoms with Gasteiger partial charge in [-0.2, -0.15) is 5.26 Å².